The molecule has 2 aromatic heterocycles. The Morgan fingerprint density at radius 1 is 0.812 bits per heavy atom. The Bertz CT molecular complexity index is 1120. The highest BCUT2D eigenvalue weighted by atomic mass is 16.1. The molecule has 2 heterocycles. The highest BCUT2D eigenvalue weighted by molar-refractivity contribution is 5.83. The standard InChI is InChI=1S/C27H26N4O/c32-21-31(19-16-23-10-7-17-28-20-23)26-14-13-25(24-11-5-2-6-12-24)30-27(26)29-18-15-22-8-3-1-4-9-22/h1-14,17,20-21H,15-16,18-19H2,(H,29,30). The first-order valence-corrected chi connectivity index (χ1v) is 10.8. The summed E-state index contributed by atoms with van der Waals surface area (Å²) in [7, 11) is 0. The number of amides is 1. The first kappa shape index (κ1) is 21.2. The van der Waals surface area contributed by atoms with E-state index in [1.54, 1.807) is 11.1 Å². The molecule has 160 valence electrons. The number of aromatic nitrogens is 2. The third kappa shape index (κ3) is 5.58. The predicted molar refractivity (Wildman–Crippen MR) is 130 cm³/mol. The lowest BCUT2D eigenvalue weighted by molar-refractivity contribution is -0.107. The van der Waals surface area contributed by atoms with Crippen molar-refractivity contribution >= 4 is 17.9 Å². The van der Waals surface area contributed by atoms with Crippen LogP contribution in [-0.2, 0) is 17.6 Å². The monoisotopic (exact) mass is 422 g/mol. The maximum atomic E-state index is 12.0. The second-order valence-corrected chi connectivity index (χ2v) is 7.50. The number of rotatable bonds is 10. The zero-order chi connectivity index (χ0) is 22.0. The zero-order valence-electron chi connectivity index (χ0n) is 17.9. The van der Waals surface area contributed by atoms with E-state index in [2.05, 4.69) is 22.4 Å². The second-order valence-electron chi connectivity index (χ2n) is 7.50. The third-order valence-corrected chi connectivity index (χ3v) is 5.29. The summed E-state index contributed by atoms with van der Waals surface area (Å²) >= 11 is 0. The number of carbonyl (C=O) groups is 1. The van der Waals surface area contributed by atoms with Gasteiger partial charge in [-0.3, -0.25) is 9.78 Å². The van der Waals surface area contributed by atoms with Crippen molar-refractivity contribution in [1.29, 1.82) is 0 Å². The third-order valence-electron chi connectivity index (χ3n) is 5.29. The van der Waals surface area contributed by atoms with Gasteiger partial charge in [-0.05, 0) is 42.2 Å². The van der Waals surface area contributed by atoms with Crippen LogP contribution < -0.4 is 10.2 Å². The molecule has 0 aliphatic carbocycles. The average molecular weight is 423 g/mol. The van der Waals surface area contributed by atoms with Crippen molar-refractivity contribution in [3.05, 3.63) is 108 Å². The lowest BCUT2D eigenvalue weighted by Crippen LogP contribution is -2.25. The maximum Gasteiger partial charge on any atom is 0.214 e. The minimum absolute atomic E-state index is 0.551. The Hall–Kier alpha value is -3.99. The van der Waals surface area contributed by atoms with Crippen LogP contribution in [0.2, 0.25) is 0 Å². The number of nitrogens with one attached hydrogen (secondary N) is 1. The molecule has 0 aliphatic rings. The van der Waals surface area contributed by atoms with E-state index in [1.807, 2.05) is 79.0 Å². The zero-order valence-corrected chi connectivity index (χ0v) is 17.9. The highest BCUT2D eigenvalue weighted by Crippen LogP contribution is 2.28. The van der Waals surface area contributed by atoms with E-state index in [4.69, 9.17) is 4.98 Å². The van der Waals surface area contributed by atoms with Crippen LogP contribution in [0.3, 0.4) is 0 Å². The van der Waals surface area contributed by atoms with Crippen LogP contribution in [0.1, 0.15) is 11.1 Å². The fourth-order valence-electron chi connectivity index (χ4n) is 3.58. The molecule has 5 nitrogen and oxygen atoms in total. The summed E-state index contributed by atoms with van der Waals surface area (Å²) in [4.78, 5) is 22.7. The van der Waals surface area contributed by atoms with Crippen molar-refractivity contribution in [2.24, 2.45) is 0 Å². The Morgan fingerprint density at radius 2 is 1.56 bits per heavy atom. The van der Waals surface area contributed by atoms with Gasteiger partial charge in [0.05, 0.1) is 11.4 Å². The van der Waals surface area contributed by atoms with E-state index in [0.717, 1.165) is 48.3 Å². The molecule has 0 atom stereocenters. The predicted octanol–water partition coefficient (Wildman–Crippen LogP) is 5.00. The van der Waals surface area contributed by atoms with Crippen LogP contribution in [0.4, 0.5) is 11.5 Å². The molecule has 0 saturated heterocycles. The van der Waals surface area contributed by atoms with Crippen LogP contribution in [0.5, 0.6) is 0 Å². The smallest absolute Gasteiger partial charge is 0.214 e. The van der Waals surface area contributed by atoms with Gasteiger partial charge in [-0.25, -0.2) is 4.98 Å². The SMILES string of the molecule is O=CN(CCc1cccnc1)c1ccc(-c2ccccc2)nc1NCCc1ccccc1. The van der Waals surface area contributed by atoms with E-state index < -0.39 is 0 Å². The molecule has 0 bridgehead atoms. The second kappa shape index (κ2) is 10.9. The Labute approximate surface area is 188 Å². The molecule has 0 saturated carbocycles. The first-order chi connectivity index (χ1) is 15.8. The summed E-state index contributed by atoms with van der Waals surface area (Å²) < 4.78 is 0. The van der Waals surface area contributed by atoms with Crippen molar-refractivity contribution in [3.8, 4) is 11.3 Å². The normalized spacial score (nSPS) is 10.5. The molecule has 4 aromatic rings. The van der Waals surface area contributed by atoms with Crippen molar-refractivity contribution in [1.82, 2.24) is 9.97 Å². The fourth-order valence-corrected chi connectivity index (χ4v) is 3.58. The molecule has 0 spiro atoms. The molecule has 2 aromatic carbocycles. The molecular weight excluding hydrogens is 396 g/mol. The Morgan fingerprint density at radius 3 is 2.28 bits per heavy atom. The first-order valence-electron chi connectivity index (χ1n) is 10.8. The minimum atomic E-state index is 0.551. The summed E-state index contributed by atoms with van der Waals surface area (Å²) in [6.45, 7) is 1.27. The lowest BCUT2D eigenvalue weighted by atomic mass is 10.1. The number of hydrogen-bond donors (Lipinski definition) is 1. The molecule has 1 N–H and O–H groups in total. The van der Waals surface area contributed by atoms with Crippen molar-refractivity contribution < 1.29 is 4.79 Å². The van der Waals surface area contributed by atoms with Gasteiger partial charge in [0.1, 0.15) is 0 Å². The van der Waals surface area contributed by atoms with Gasteiger partial charge in [-0.15, -0.1) is 0 Å². The summed E-state index contributed by atoms with van der Waals surface area (Å²) in [5.74, 6) is 0.709. The molecule has 0 aliphatic heterocycles. The molecular formula is C27H26N4O. The fraction of sp³-hybridized carbons (Fsp3) is 0.148. The highest BCUT2D eigenvalue weighted by Gasteiger charge is 2.14. The van der Waals surface area contributed by atoms with Gasteiger partial charge in [0, 0.05) is 31.0 Å². The maximum absolute atomic E-state index is 12.0. The number of benzene rings is 2. The van der Waals surface area contributed by atoms with Crippen molar-refractivity contribution in [3.63, 3.8) is 0 Å². The Balaban J connectivity index is 1.56. The number of hydrogen-bond acceptors (Lipinski definition) is 4. The van der Waals surface area contributed by atoms with E-state index in [1.165, 1.54) is 5.56 Å². The number of carbonyl (C=O) groups excluding carboxylic acids is 1. The topological polar surface area (TPSA) is 58.1 Å². The number of nitrogens with zero attached hydrogens (tertiary/aromatic N) is 3. The minimum Gasteiger partial charge on any atom is -0.368 e. The summed E-state index contributed by atoms with van der Waals surface area (Å²) in [6, 6.07) is 28.3. The summed E-state index contributed by atoms with van der Waals surface area (Å²) in [5, 5.41) is 3.46. The molecule has 32 heavy (non-hydrogen) atoms. The lowest BCUT2D eigenvalue weighted by Gasteiger charge is -2.21. The van der Waals surface area contributed by atoms with Gasteiger partial charge in [0.2, 0.25) is 6.41 Å². The van der Waals surface area contributed by atoms with Crippen LogP contribution in [0.25, 0.3) is 11.3 Å². The van der Waals surface area contributed by atoms with Gasteiger partial charge >= 0.3 is 0 Å². The van der Waals surface area contributed by atoms with Crippen LogP contribution in [0, 0.1) is 0 Å². The quantitative estimate of drug-likeness (QED) is 0.365. The largest absolute Gasteiger partial charge is 0.368 e. The van der Waals surface area contributed by atoms with Crippen LogP contribution in [-0.4, -0.2) is 29.5 Å². The number of anilines is 2. The average Bonchev–Trinajstić information content (AvgIpc) is 2.87. The van der Waals surface area contributed by atoms with Gasteiger partial charge in [-0.1, -0.05) is 66.7 Å². The van der Waals surface area contributed by atoms with Gasteiger partial charge in [0.25, 0.3) is 0 Å². The molecule has 4 rings (SSSR count). The molecule has 1 amide bonds. The molecule has 5 heteroatoms. The molecule has 0 fully saturated rings. The van der Waals surface area contributed by atoms with E-state index >= 15 is 0 Å². The van der Waals surface area contributed by atoms with E-state index in [-0.39, 0.29) is 0 Å². The molecule has 0 radical (unpaired) electrons. The van der Waals surface area contributed by atoms with Crippen molar-refractivity contribution in [2.75, 3.05) is 23.3 Å². The van der Waals surface area contributed by atoms with Crippen molar-refractivity contribution in [2.45, 2.75) is 12.8 Å². The van der Waals surface area contributed by atoms with E-state index in [9.17, 15) is 4.79 Å². The van der Waals surface area contributed by atoms with Gasteiger partial charge < -0.3 is 10.2 Å². The number of pyridine rings is 2. The van der Waals surface area contributed by atoms with E-state index in [0.29, 0.717) is 12.4 Å². The van der Waals surface area contributed by atoms with Crippen LogP contribution in [0.15, 0.2) is 97.3 Å². The summed E-state index contributed by atoms with van der Waals surface area (Å²) in [5.41, 5.74) is 5.03. The van der Waals surface area contributed by atoms with Crippen LogP contribution >= 0.6 is 0 Å². The molecule has 0 unspecified atom stereocenters. The van der Waals surface area contributed by atoms with Gasteiger partial charge in [0.15, 0.2) is 5.82 Å². The van der Waals surface area contributed by atoms with Gasteiger partial charge in [-0.2, -0.15) is 0 Å². The Kier molecular flexibility index (Phi) is 7.21. The summed E-state index contributed by atoms with van der Waals surface area (Å²) in [6.07, 6.45) is 6.05.